The first kappa shape index (κ1) is 26.4. The molecule has 1 aliphatic heterocycles. The number of benzene rings is 2. The average molecular weight is 542 g/mol. The van der Waals surface area contributed by atoms with Crippen LogP contribution in [0.5, 0.6) is 5.75 Å². The molecule has 1 atom stereocenters. The second kappa shape index (κ2) is 10.5. The fourth-order valence-corrected chi connectivity index (χ4v) is 6.05. The Morgan fingerprint density at radius 1 is 1.05 bits per heavy atom. The zero-order chi connectivity index (χ0) is 27.8. The van der Waals surface area contributed by atoms with Crippen LogP contribution in [-0.4, -0.2) is 28.3 Å². The van der Waals surface area contributed by atoms with Crippen LogP contribution in [0.3, 0.4) is 0 Å². The van der Waals surface area contributed by atoms with Crippen molar-refractivity contribution in [1.82, 2.24) is 9.13 Å². The fraction of sp³-hybridized carbons (Fsp3) is 0.258. The molecule has 1 unspecified atom stereocenters. The number of hydrogen-bond donors (Lipinski definition) is 0. The molecule has 4 aromatic rings. The molecule has 0 fully saturated rings. The number of ether oxygens (including phenoxy) is 2. The molecule has 0 aliphatic carbocycles. The van der Waals surface area contributed by atoms with E-state index < -0.39 is 12.0 Å². The van der Waals surface area contributed by atoms with E-state index in [-0.39, 0.29) is 11.7 Å². The standard InChI is InChI=1S/C31H31N3O4S/c1-18(2)38-30(36)27-20(4)32-31-34(28(27)22-12-14-25(37-6)15-13-22)29(35)26(39-31)17-23-16-19(3)33(21(23)5)24-10-8-7-9-11-24/h7-18,28H,1-6H3. The van der Waals surface area contributed by atoms with Gasteiger partial charge in [0, 0.05) is 17.1 Å². The number of allylic oxidation sites excluding steroid dienone is 1. The van der Waals surface area contributed by atoms with Gasteiger partial charge in [-0.2, -0.15) is 0 Å². The second-order valence-electron chi connectivity index (χ2n) is 9.81. The van der Waals surface area contributed by atoms with E-state index in [0.717, 1.165) is 28.2 Å². The predicted octanol–water partition coefficient (Wildman–Crippen LogP) is 4.60. The van der Waals surface area contributed by atoms with Gasteiger partial charge in [-0.05, 0) is 82.2 Å². The largest absolute Gasteiger partial charge is 0.497 e. The number of carbonyl (C=O) groups excluding carboxylic acids is 1. The lowest BCUT2D eigenvalue weighted by Gasteiger charge is -2.25. The van der Waals surface area contributed by atoms with E-state index in [1.807, 2.05) is 55.5 Å². The maximum atomic E-state index is 14.0. The number of aromatic nitrogens is 2. The van der Waals surface area contributed by atoms with E-state index in [2.05, 4.69) is 29.7 Å². The Hall–Kier alpha value is -4.17. The van der Waals surface area contributed by atoms with Crippen LogP contribution in [0.2, 0.25) is 0 Å². The lowest BCUT2D eigenvalue weighted by Crippen LogP contribution is -2.40. The lowest BCUT2D eigenvalue weighted by atomic mass is 9.96. The normalized spacial score (nSPS) is 15.4. The summed E-state index contributed by atoms with van der Waals surface area (Å²) in [6.07, 6.45) is 1.61. The highest BCUT2D eigenvalue weighted by molar-refractivity contribution is 7.07. The average Bonchev–Trinajstić information content (AvgIpc) is 3.37. The van der Waals surface area contributed by atoms with Crippen molar-refractivity contribution in [3.05, 3.63) is 114 Å². The number of fused-ring (bicyclic) bond motifs is 1. The summed E-state index contributed by atoms with van der Waals surface area (Å²) < 4.78 is 15.2. The van der Waals surface area contributed by atoms with Gasteiger partial charge < -0.3 is 14.0 Å². The molecule has 2 aromatic heterocycles. The Labute approximate surface area is 231 Å². The molecule has 0 spiro atoms. The third-order valence-corrected chi connectivity index (χ3v) is 7.77. The summed E-state index contributed by atoms with van der Waals surface area (Å²) in [6, 6.07) is 18.9. The summed E-state index contributed by atoms with van der Waals surface area (Å²) in [5, 5.41) is 0. The van der Waals surface area contributed by atoms with Crippen molar-refractivity contribution >= 4 is 23.4 Å². The van der Waals surface area contributed by atoms with Crippen LogP contribution in [0.1, 0.15) is 49.3 Å². The van der Waals surface area contributed by atoms with E-state index in [0.29, 0.717) is 26.4 Å². The maximum absolute atomic E-state index is 14.0. The molecular formula is C31H31N3O4S. The fourth-order valence-electron chi connectivity index (χ4n) is 5.01. The first-order valence-corrected chi connectivity index (χ1v) is 13.6. The van der Waals surface area contributed by atoms with Crippen molar-refractivity contribution in [1.29, 1.82) is 0 Å². The van der Waals surface area contributed by atoms with E-state index in [9.17, 15) is 9.59 Å². The lowest BCUT2D eigenvalue weighted by molar-refractivity contribution is -0.143. The molecule has 39 heavy (non-hydrogen) atoms. The quantitative estimate of drug-likeness (QED) is 0.335. The number of esters is 1. The number of thiazole rings is 1. The Morgan fingerprint density at radius 3 is 2.38 bits per heavy atom. The van der Waals surface area contributed by atoms with Crippen molar-refractivity contribution in [3.8, 4) is 11.4 Å². The SMILES string of the molecule is COc1ccc(C2C(C(=O)OC(C)C)=C(C)N=c3sc(=Cc4cc(C)n(-c5ccccc5)c4C)c(=O)n32)cc1. The first-order valence-electron chi connectivity index (χ1n) is 12.8. The molecule has 2 aromatic carbocycles. The first-order chi connectivity index (χ1) is 18.7. The second-order valence-corrected chi connectivity index (χ2v) is 10.8. The van der Waals surface area contributed by atoms with Crippen LogP contribution in [0, 0.1) is 13.8 Å². The molecule has 0 saturated heterocycles. The molecule has 0 radical (unpaired) electrons. The number of para-hydroxylation sites is 1. The summed E-state index contributed by atoms with van der Waals surface area (Å²) >= 11 is 1.32. The minimum absolute atomic E-state index is 0.202. The highest BCUT2D eigenvalue weighted by Gasteiger charge is 2.33. The molecule has 8 heteroatoms. The molecule has 1 aliphatic rings. The van der Waals surface area contributed by atoms with E-state index in [4.69, 9.17) is 14.5 Å². The molecule has 0 amide bonds. The summed E-state index contributed by atoms with van der Waals surface area (Å²) in [7, 11) is 1.60. The van der Waals surface area contributed by atoms with Crippen LogP contribution < -0.4 is 19.6 Å². The number of methoxy groups -OCH3 is 1. The van der Waals surface area contributed by atoms with Crippen LogP contribution in [-0.2, 0) is 9.53 Å². The van der Waals surface area contributed by atoms with Gasteiger partial charge in [0.25, 0.3) is 5.56 Å². The predicted molar refractivity (Wildman–Crippen MR) is 153 cm³/mol. The number of rotatable bonds is 6. The third kappa shape index (κ3) is 4.88. The zero-order valence-corrected chi connectivity index (χ0v) is 23.7. The minimum Gasteiger partial charge on any atom is -0.497 e. The van der Waals surface area contributed by atoms with Crippen molar-refractivity contribution in [2.24, 2.45) is 4.99 Å². The molecule has 0 bridgehead atoms. The Balaban J connectivity index is 1.69. The van der Waals surface area contributed by atoms with Gasteiger partial charge >= 0.3 is 5.97 Å². The van der Waals surface area contributed by atoms with Gasteiger partial charge in [0.2, 0.25) is 0 Å². The van der Waals surface area contributed by atoms with Gasteiger partial charge in [-0.1, -0.05) is 41.7 Å². The molecule has 3 heterocycles. The van der Waals surface area contributed by atoms with Gasteiger partial charge in [0.15, 0.2) is 4.80 Å². The molecule has 200 valence electrons. The molecular weight excluding hydrogens is 510 g/mol. The van der Waals surface area contributed by atoms with E-state index >= 15 is 0 Å². The number of aryl methyl sites for hydroxylation is 1. The highest BCUT2D eigenvalue weighted by Crippen LogP contribution is 2.32. The zero-order valence-electron chi connectivity index (χ0n) is 22.9. The topological polar surface area (TPSA) is 74.8 Å². The van der Waals surface area contributed by atoms with Crippen LogP contribution in [0.25, 0.3) is 11.8 Å². The highest BCUT2D eigenvalue weighted by atomic mass is 32.1. The molecule has 0 saturated carbocycles. The van der Waals surface area contributed by atoms with Crippen molar-refractivity contribution in [2.75, 3.05) is 7.11 Å². The van der Waals surface area contributed by atoms with Gasteiger partial charge in [-0.3, -0.25) is 9.36 Å². The Kier molecular flexibility index (Phi) is 7.14. The monoisotopic (exact) mass is 541 g/mol. The van der Waals surface area contributed by atoms with E-state index in [1.54, 1.807) is 32.4 Å². The molecule has 7 nitrogen and oxygen atoms in total. The maximum Gasteiger partial charge on any atom is 0.338 e. The number of carbonyl (C=O) groups is 1. The van der Waals surface area contributed by atoms with Crippen molar-refractivity contribution in [2.45, 2.75) is 46.8 Å². The number of nitrogens with zero attached hydrogens (tertiary/aromatic N) is 3. The van der Waals surface area contributed by atoms with Crippen LogP contribution in [0.15, 0.2) is 81.7 Å². The third-order valence-electron chi connectivity index (χ3n) is 6.79. The van der Waals surface area contributed by atoms with Crippen molar-refractivity contribution < 1.29 is 14.3 Å². The summed E-state index contributed by atoms with van der Waals surface area (Å²) in [5.74, 6) is 0.208. The summed E-state index contributed by atoms with van der Waals surface area (Å²) in [6.45, 7) is 9.50. The van der Waals surface area contributed by atoms with Gasteiger partial charge in [-0.15, -0.1) is 0 Å². The Morgan fingerprint density at radius 2 is 1.74 bits per heavy atom. The van der Waals surface area contributed by atoms with Gasteiger partial charge in [-0.25, -0.2) is 9.79 Å². The Bertz CT molecular complexity index is 1760. The minimum atomic E-state index is -0.669. The van der Waals surface area contributed by atoms with Crippen molar-refractivity contribution in [3.63, 3.8) is 0 Å². The summed E-state index contributed by atoms with van der Waals surface area (Å²) in [5.41, 5.74) is 5.60. The number of hydrogen-bond acceptors (Lipinski definition) is 6. The van der Waals surface area contributed by atoms with Gasteiger partial charge in [0.05, 0.1) is 35.1 Å². The molecule has 0 N–H and O–H groups in total. The van der Waals surface area contributed by atoms with Crippen LogP contribution >= 0.6 is 11.3 Å². The van der Waals surface area contributed by atoms with Crippen LogP contribution in [0.4, 0.5) is 0 Å². The smallest absolute Gasteiger partial charge is 0.338 e. The molecule has 5 rings (SSSR count). The van der Waals surface area contributed by atoms with Gasteiger partial charge in [0.1, 0.15) is 5.75 Å². The van der Waals surface area contributed by atoms with E-state index in [1.165, 1.54) is 11.3 Å². The summed E-state index contributed by atoms with van der Waals surface area (Å²) in [4.78, 5) is 32.5.